The van der Waals surface area contributed by atoms with Crippen LogP contribution in [-0.4, -0.2) is 47.1 Å². The van der Waals surface area contributed by atoms with E-state index in [-0.39, 0.29) is 5.57 Å². The van der Waals surface area contributed by atoms with Crippen LogP contribution in [0.2, 0.25) is 0 Å². The fourth-order valence-electron chi connectivity index (χ4n) is 0.826. The van der Waals surface area contributed by atoms with Gasteiger partial charge in [0.2, 0.25) is 0 Å². The number of carboxylic acid groups (broad SMARTS) is 1. The summed E-state index contributed by atoms with van der Waals surface area (Å²) in [4.78, 5) is 20.2. The number of halogens is 11. The Morgan fingerprint density at radius 2 is 1.04 bits per heavy atom. The van der Waals surface area contributed by atoms with Crippen LogP contribution in [0.1, 0.15) is 13.8 Å². The van der Waals surface area contributed by atoms with Crippen molar-refractivity contribution in [1.29, 1.82) is 0 Å². The van der Waals surface area contributed by atoms with Gasteiger partial charge in [-0.2, -0.15) is 48.3 Å². The maximum Gasteiger partial charge on any atom is 0.473 e. The number of hydrogen-bond acceptors (Lipinski definition) is 3. The van der Waals surface area contributed by atoms with Crippen LogP contribution < -0.4 is 0 Å². The second-order valence-corrected chi connectivity index (χ2v) is 4.99. The average Bonchev–Trinajstić information content (AvgIpc) is 2.45. The van der Waals surface area contributed by atoms with Crippen LogP contribution in [0, 0.1) is 0 Å². The van der Waals surface area contributed by atoms with Gasteiger partial charge in [-0.25, -0.2) is 9.59 Å². The number of carbonyl (C=O) groups excluding carboxylic acids is 1. The summed E-state index contributed by atoms with van der Waals surface area (Å²) >= 11 is 0. The molecule has 0 rings (SSSR count). The molecule has 0 bridgehead atoms. The summed E-state index contributed by atoms with van der Waals surface area (Å²) in [5, 5.41) is 7.89. The highest BCUT2D eigenvalue weighted by Crippen LogP contribution is 2.57. The molecule has 0 amide bonds. The molecular formula is C13H11F11O4. The number of carboxylic acids is 1. The predicted octanol–water partition coefficient (Wildman–Crippen LogP) is 4.81. The SMILES string of the molecule is C=C(C)C(=O)O.C=C(C)C(=O)OC(F)(F)C(F)(F)C(F)(F)C(F)(F)C(F)(F)F. The van der Waals surface area contributed by atoms with E-state index in [0.29, 0.717) is 6.92 Å². The third-order valence-electron chi connectivity index (χ3n) is 2.44. The first-order chi connectivity index (χ1) is 12.0. The summed E-state index contributed by atoms with van der Waals surface area (Å²) in [6, 6.07) is 0. The van der Waals surface area contributed by atoms with E-state index < -0.39 is 47.6 Å². The van der Waals surface area contributed by atoms with E-state index in [0.717, 1.165) is 0 Å². The molecule has 0 aromatic carbocycles. The zero-order valence-electron chi connectivity index (χ0n) is 13.7. The number of rotatable bonds is 6. The molecule has 0 radical (unpaired) electrons. The number of alkyl halides is 11. The lowest BCUT2D eigenvalue weighted by Crippen LogP contribution is -2.67. The van der Waals surface area contributed by atoms with Gasteiger partial charge in [-0.1, -0.05) is 13.2 Å². The molecule has 0 saturated carbocycles. The fraction of sp³-hybridized carbons (Fsp3) is 0.538. The Balaban J connectivity index is 0. The Hall–Kier alpha value is -2.35. The van der Waals surface area contributed by atoms with Crippen LogP contribution in [0.25, 0.3) is 0 Å². The molecule has 1 N–H and O–H groups in total. The molecule has 0 aliphatic heterocycles. The highest BCUT2D eigenvalue weighted by atomic mass is 19.4. The average molecular weight is 440 g/mol. The standard InChI is InChI=1S/C9H5F11O2.C4H6O2/c1-3(2)4(21)22-9(19,20)7(14,15)5(10,11)6(12,13)8(16,17)18;1-3(2)4(5)6/h1H2,2H3;1H2,2H3,(H,5,6). The minimum atomic E-state index is -7.61. The second-order valence-electron chi connectivity index (χ2n) is 4.99. The van der Waals surface area contributed by atoms with Gasteiger partial charge in [0.25, 0.3) is 0 Å². The van der Waals surface area contributed by atoms with Gasteiger partial charge in [-0.3, -0.25) is 0 Å². The lowest BCUT2D eigenvalue weighted by Gasteiger charge is -2.36. The molecule has 0 unspecified atom stereocenters. The number of carbonyl (C=O) groups is 2. The van der Waals surface area contributed by atoms with Gasteiger partial charge in [0.1, 0.15) is 0 Å². The van der Waals surface area contributed by atoms with Crippen molar-refractivity contribution < 1.29 is 67.7 Å². The van der Waals surface area contributed by atoms with Crippen LogP contribution in [0.4, 0.5) is 48.3 Å². The topological polar surface area (TPSA) is 63.6 Å². The van der Waals surface area contributed by atoms with Gasteiger partial charge in [0.15, 0.2) is 0 Å². The normalized spacial score (nSPS) is 13.2. The lowest BCUT2D eigenvalue weighted by atomic mass is 10.0. The first-order valence-corrected chi connectivity index (χ1v) is 6.33. The lowest BCUT2D eigenvalue weighted by molar-refractivity contribution is -0.449. The third-order valence-corrected chi connectivity index (χ3v) is 2.44. The molecule has 0 atom stereocenters. The van der Waals surface area contributed by atoms with E-state index in [1.807, 2.05) is 0 Å². The molecule has 0 aliphatic carbocycles. The minimum absolute atomic E-state index is 0.176. The zero-order valence-corrected chi connectivity index (χ0v) is 13.7. The molecule has 15 heteroatoms. The first kappa shape index (κ1) is 27.9. The summed E-state index contributed by atoms with van der Waals surface area (Å²) in [6.07, 6.45) is -13.9. The molecule has 4 nitrogen and oxygen atoms in total. The van der Waals surface area contributed by atoms with E-state index in [1.54, 1.807) is 0 Å². The number of hydrogen-bond donors (Lipinski definition) is 1. The summed E-state index contributed by atoms with van der Waals surface area (Å²) < 4.78 is 139. The predicted molar refractivity (Wildman–Crippen MR) is 69.2 cm³/mol. The Morgan fingerprint density at radius 3 is 1.25 bits per heavy atom. The van der Waals surface area contributed by atoms with Crippen molar-refractivity contribution in [2.75, 3.05) is 0 Å². The molecule has 0 spiro atoms. The van der Waals surface area contributed by atoms with Crippen molar-refractivity contribution in [3.63, 3.8) is 0 Å². The number of esters is 1. The molecule has 0 fully saturated rings. The molecule has 0 aliphatic rings. The van der Waals surface area contributed by atoms with E-state index >= 15 is 0 Å². The largest absolute Gasteiger partial charge is 0.478 e. The van der Waals surface area contributed by atoms with E-state index in [1.165, 1.54) is 6.92 Å². The third kappa shape index (κ3) is 5.58. The first-order valence-electron chi connectivity index (χ1n) is 6.33. The van der Waals surface area contributed by atoms with E-state index in [2.05, 4.69) is 17.9 Å². The maximum atomic E-state index is 12.8. The number of ether oxygens (including phenoxy) is 1. The van der Waals surface area contributed by atoms with Gasteiger partial charge in [-0.15, -0.1) is 0 Å². The monoisotopic (exact) mass is 440 g/mol. The van der Waals surface area contributed by atoms with Crippen LogP contribution >= 0.6 is 0 Å². The zero-order chi connectivity index (χ0) is 23.5. The van der Waals surface area contributed by atoms with Crippen molar-refractivity contribution in [2.45, 2.75) is 43.9 Å². The van der Waals surface area contributed by atoms with Crippen LogP contribution in [0.3, 0.4) is 0 Å². The highest BCUT2D eigenvalue weighted by Gasteiger charge is 2.88. The summed E-state index contributed by atoms with van der Waals surface area (Å²) in [7, 11) is 0. The Labute approximate surface area is 149 Å². The van der Waals surface area contributed by atoms with Crippen molar-refractivity contribution in [2.24, 2.45) is 0 Å². The quantitative estimate of drug-likeness (QED) is 0.366. The summed E-state index contributed by atoms with van der Waals surface area (Å²) in [6.45, 7) is 7.80. The fourth-order valence-corrected chi connectivity index (χ4v) is 0.826. The van der Waals surface area contributed by atoms with E-state index in [9.17, 15) is 57.9 Å². The molecule has 0 saturated heterocycles. The van der Waals surface area contributed by atoms with Gasteiger partial charge in [0.05, 0.1) is 0 Å². The summed E-state index contributed by atoms with van der Waals surface area (Å²) in [5.41, 5.74) is -0.851. The summed E-state index contributed by atoms with van der Waals surface area (Å²) in [5.74, 6) is -25.9. The molecular weight excluding hydrogens is 429 g/mol. The van der Waals surface area contributed by atoms with Crippen molar-refractivity contribution in [1.82, 2.24) is 0 Å². The van der Waals surface area contributed by atoms with Gasteiger partial charge < -0.3 is 9.84 Å². The van der Waals surface area contributed by atoms with Crippen molar-refractivity contribution in [3.8, 4) is 0 Å². The minimum Gasteiger partial charge on any atom is -0.478 e. The Kier molecular flexibility index (Phi) is 8.30. The molecule has 0 aromatic heterocycles. The molecule has 0 heterocycles. The van der Waals surface area contributed by atoms with Crippen LogP contribution in [-0.2, 0) is 14.3 Å². The molecule has 0 aromatic rings. The molecule has 164 valence electrons. The van der Waals surface area contributed by atoms with Crippen molar-refractivity contribution >= 4 is 11.9 Å². The van der Waals surface area contributed by atoms with E-state index in [4.69, 9.17) is 5.11 Å². The smallest absolute Gasteiger partial charge is 0.473 e. The number of aliphatic carboxylic acids is 1. The van der Waals surface area contributed by atoms with Gasteiger partial charge in [0, 0.05) is 11.1 Å². The Morgan fingerprint density at radius 1 is 0.714 bits per heavy atom. The maximum absolute atomic E-state index is 12.8. The van der Waals surface area contributed by atoms with Gasteiger partial charge >= 0.3 is 42.0 Å². The highest BCUT2D eigenvalue weighted by molar-refractivity contribution is 5.87. The Bertz CT molecular complexity index is 623. The van der Waals surface area contributed by atoms with Crippen LogP contribution in [0.5, 0.6) is 0 Å². The second kappa shape index (κ2) is 8.34. The van der Waals surface area contributed by atoms with Gasteiger partial charge in [-0.05, 0) is 13.8 Å². The molecule has 28 heavy (non-hydrogen) atoms. The van der Waals surface area contributed by atoms with Crippen LogP contribution in [0.15, 0.2) is 24.3 Å². The van der Waals surface area contributed by atoms with Crippen molar-refractivity contribution in [3.05, 3.63) is 24.3 Å².